The predicted molar refractivity (Wildman–Crippen MR) is 191 cm³/mol. The molecule has 0 aliphatic heterocycles. The molecule has 0 spiro atoms. The summed E-state index contributed by atoms with van der Waals surface area (Å²) in [6.45, 7) is 0. The Morgan fingerprint density at radius 3 is 1.93 bits per heavy atom. The minimum atomic E-state index is 0.613. The summed E-state index contributed by atoms with van der Waals surface area (Å²) in [5.41, 5.74) is 4.13. The van der Waals surface area contributed by atoms with Crippen molar-refractivity contribution in [3.05, 3.63) is 133 Å². The number of benzene rings is 6. The van der Waals surface area contributed by atoms with Crippen molar-refractivity contribution < 1.29 is 0 Å². The summed E-state index contributed by atoms with van der Waals surface area (Å²) in [6, 6.07) is 47.1. The van der Waals surface area contributed by atoms with Crippen LogP contribution < -0.4 is 0 Å². The lowest BCUT2D eigenvalue weighted by molar-refractivity contribution is 0.955. The van der Waals surface area contributed by atoms with Gasteiger partial charge in [-0.1, -0.05) is 97.1 Å². The summed E-state index contributed by atoms with van der Waals surface area (Å²) in [5.74, 6) is 1.94. The highest BCUT2D eigenvalue weighted by Crippen LogP contribution is 2.42. The third-order valence-electron chi connectivity index (χ3n) is 8.67. The number of nitrogens with zero attached hydrogens (tertiary/aromatic N) is 4. The lowest BCUT2D eigenvalue weighted by Crippen LogP contribution is -2.06. The molecule has 0 N–H and O–H groups in total. The van der Waals surface area contributed by atoms with Crippen LogP contribution in [0.5, 0.6) is 0 Å². The molecular weight excluding hydrogens is 589 g/mol. The van der Waals surface area contributed by atoms with E-state index in [1.165, 1.54) is 51.1 Å². The van der Waals surface area contributed by atoms with E-state index < -0.39 is 0 Å². The van der Waals surface area contributed by atoms with Gasteiger partial charge in [0.05, 0.1) is 11.0 Å². The Kier molecular flexibility index (Phi) is 5.29. The maximum atomic E-state index is 5.27. The fourth-order valence-electron chi connectivity index (χ4n) is 6.63. The zero-order valence-corrected chi connectivity index (χ0v) is 25.4. The van der Waals surface area contributed by atoms with E-state index in [4.69, 9.17) is 15.0 Å². The normalized spacial score (nSPS) is 12.0. The van der Waals surface area contributed by atoms with Crippen LogP contribution in [-0.4, -0.2) is 19.5 Å². The summed E-state index contributed by atoms with van der Waals surface area (Å²) < 4.78 is 7.24. The molecule has 4 nitrogen and oxygen atoms in total. The van der Waals surface area contributed by atoms with E-state index in [1.54, 1.807) is 11.3 Å². The summed E-state index contributed by atoms with van der Waals surface area (Å²) >= 11 is 3.63. The van der Waals surface area contributed by atoms with Gasteiger partial charge >= 0.3 is 0 Å². The maximum Gasteiger partial charge on any atom is 0.238 e. The molecule has 0 aliphatic carbocycles. The highest BCUT2D eigenvalue weighted by molar-refractivity contribution is 7.26. The number of para-hydroxylation sites is 1. The SMILES string of the molecule is c1ccc(-c2nc(-c3cccc4c3sc3ccccc34)nc(-n3c4ccccc4c4cc5sc6ccccc6c5cc43)n2)cc1. The first-order valence-electron chi connectivity index (χ1n) is 14.9. The molecule has 0 saturated heterocycles. The quantitative estimate of drug-likeness (QED) is 0.200. The lowest BCUT2D eigenvalue weighted by Gasteiger charge is -2.11. The standard InChI is InChI=1S/C39H22N4S2/c1-2-11-23(12-3-1)37-40-38(28-17-10-16-27-25-14-5-9-20-34(25)45-36(27)28)42-39(41-37)43-31-18-7-4-13-24(31)29-22-35-30(21-32(29)43)26-15-6-8-19-33(26)44-35/h1-22H. The molecule has 10 aromatic rings. The highest BCUT2D eigenvalue weighted by Gasteiger charge is 2.20. The molecule has 4 aromatic heterocycles. The number of aromatic nitrogens is 4. The molecule has 0 amide bonds. The summed E-state index contributed by atoms with van der Waals surface area (Å²) in [7, 11) is 0. The van der Waals surface area contributed by atoms with Crippen molar-refractivity contribution in [1.29, 1.82) is 0 Å². The Morgan fingerprint density at radius 2 is 1.09 bits per heavy atom. The van der Waals surface area contributed by atoms with Crippen LogP contribution in [0.15, 0.2) is 133 Å². The first-order valence-corrected chi connectivity index (χ1v) is 16.5. The maximum absolute atomic E-state index is 5.27. The Hall–Kier alpha value is -5.43. The van der Waals surface area contributed by atoms with Crippen LogP contribution in [0.3, 0.4) is 0 Å². The van der Waals surface area contributed by atoms with Crippen molar-refractivity contribution in [3.63, 3.8) is 0 Å². The molecule has 0 atom stereocenters. The molecule has 0 saturated carbocycles. The molecule has 0 bridgehead atoms. The van der Waals surface area contributed by atoms with Crippen molar-refractivity contribution in [2.24, 2.45) is 0 Å². The van der Waals surface area contributed by atoms with Gasteiger partial charge in [0.15, 0.2) is 11.6 Å². The predicted octanol–water partition coefficient (Wildman–Crippen LogP) is 11.0. The molecule has 0 unspecified atom stereocenters. The van der Waals surface area contributed by atoms with Gasteiger partial charge < -0.3 is 0 Å². The Balaban J connectivity index is 1.31. The third-order valence-corrected chi connectivity index (χ3v) is 11.0. The van der Waals surface area contributed by atoms with Crippen LogP contribution in [0.1, 0.15) is 0 Å². The number of fused-ring (bicyclic) bond motifs is 9. The van der Waals surface area contributed by atoms with E-state index in [0.717, 1.165) is 22.2 Å². The zero-order chi connectivity index (χ0) is 29.5. The lowest BCUT2D eigenvalue weighted by atomic mass is 10.1. The average molecular weight is 611 g/mol. The van der Waals surface area contributed by atoms with Crippen molar-refractivity contribution in [2.75, 3.05) is 0 Å². The van der Waals surface area contributed by atoms with Gasteiger partial charge in [-0.05, 0) is 36.4 Å². The van der Waals surface area contributed by atoms with E-state index in [2.05, 4.69) is 120 Å². The third kappa shape index (κ3) is 3.73. The second-order valence-electron chi connectivity index (χ2n) is 11.2. The molecule has 0 fully saturated rings. The molecule has 10 rings (SSSR count). The van der Waals surface area contributed by atoms with Crippen molar-refractivity contribution in [3.8, 4) is 28.7 Å². The molecule has 0 radical (unpaired) electrons. The number of thiophene rings is 2. The highest BCUT2D eigenvalue weighted by atomic mass is 32.1. The van der Waals surface area contributed by atoms with Gasteiger partial charge in [-0.3, -0.25) is 4.57 Å². The first kappa shape index (κ1) is 25.0. The summed E-state index contributed by atoms with van der Waals surface area (Å²) in [6.07, 6.45) is 0. The minimum absolute atomic E-state index is 0.613. The zero-order valence-electron chi connectivity index (χ0n) is 23.8. The molecule has 0 aliphatic rings. The van der Waals surface area contributed by atoms with Gasteiger partial charge in [0.1, 0.15) is 0 Å². The Labute approximate surface area is 265 Å². The Bertz CT molecular complexity index is 2770. The number of rotatable bonds is 3. The molecule has 6 heteroatoms. The monoisotopic (exact) mass is 610 g/mol. The van der Waals surface area contributed by atoms with E-state index in [1.807, 2.05) is 29.5 Å². The fourth-order valence-corrected chi connectivity index (χ4v) is 8.97. The molecular formula is C39H22N4S2. The van der Waals surface area contributed by atoms with Gasteiger partial charge in [-0.15, -0.1) is 22.7 Å². The van der Waals surface area contributed by atoms with Gasteiger partial charge in [0, 0.05) is 62.2 Å². The van der Waals surface area contributed by atoms with Crippen LogP contribution in [0, 0.1) is 0 Å². The van der Waals surface area contributed by atoms with Crippen LogP contribution in [-0.2, 0) is 0 Å². The number of hydrogen-bond acceptors (Lipinski definition) is 5. The van der Waals surface area contributed by atoms with Crippen LogP contribution in [0.2, 0.25) is 0 Å². The average Bonchev–Trinajstić information content (AvgIpc) is 3.76. The first-order chi connectivity index (χ1) is 22.3. The molecule has 4 heterocycles. The Morgan fingerprint density at radius 1 is 0.422 bits per heavy atom. The smallest absolute Gasteiger partial charge is 0.238 e. The largest absolute Gasteiger partial charge is 0.278 e. The van der Waals surface area contributed by atoms with Crippen LogP contribution in [0.4, 0.5) is 0 Å². The second kappa shape index (κ2) is 9.53. The van der Waals surface area contributed by atoms with Gasteiger partial charge in [-0.25, -0.2) is 4.98 Å². The molecule has 6 aromatic carbocycles. The van der Waals surface area contributed by atoms with Crippen molar-refractivity contribution >= 4 is 84.8 Å². The van der Waals surface area contributed by atoms with E-state index >= 15 is 0 Å². The molecule has 210 valence electrons. The summed E-state index contributed by atoms with van der Waals surface area (Å²) in [5, 5.41) is 7.38. The van der Waals surface area contributed by atoms with Crippen LogP contribution in [0.25, 0.3) is 90.9 Å². The van der Waals surface area contributed by atoms with Gasteiger partial charge in [0.25, 0.3) is 0 Å². The van der Waals surface area contributed by atoms with Crippen LogP contribution >= 0.6 is 22.7 Å². The summed E-state index contributed by atoms with van der Waals surface area (Å²) in [4.78, 5) is 15.6. The van der Waals surface area contributed by atoms with E-state index in [9.17, 15) is 0 Å². The van der Waals surface area contributed by atoms with Crippen molar-refractivity contribution in [1.82, 2.24) is 19.5 Å². The van der Waals surface area contributed by atoms with Gasteiger partial charge in [0.2, 0.25) is 5.95 Å². The van der Waals surface area contributed by atoms with Gasteiger partial charge in [-0.2, -0.15) is 9.97 Å². The van der Waals surface area contributed by atoms with Crippen molar-refractivity contribution in [2.45, 2.75) is 0 Å². The topological polar surface area (TPSA) is 43.6 Å². The number of hydrogen-bond donors (Lipinski definition) is 0. The minimum Gasteiger partial charge on any atom is -0.278 e. The van der Waals surface area contributed by atoms with E-state index in [0.29, 0.717) is 17.6 Å². The second-order valence-corrected chi connectivity index (χ2v) is 13.4. The molecule has 45 heavy (non-hydrogen) atoms. The van der Waals surface area contributed by atoms with E-state index in [-0.39, 0.29) is 0 Å². The fraction of sp³-hybridized carbons (Fsp3) is 0.